The molecule has 0 aliphatic carbocycles. The lowest BCUT2D eigenvalue weighted by Crippen LogP contribution is -2.47. The van der Waals surface area contributed by atoms with Gasteiger partial charge in [-0.15, -0.1) is 0 Å². The highest BCUT2D eigenvalue weighted by Crippen LogP contribution is 2.19. The second-order valence-electron chi connectivity index (χ2n) is 5.01. The molecule has 1 aromatic carbocycles. The number of methoxy groups -OCH3 is 1. The minimum Gasteiger partial charge on any atom is -0.497 e. The molecule has 1 aliphatic heterocycles. The molecule has 0 bridgehead atoms. The van der Waals surface area contributed by atoms with Crippen LogP contribution in [0.5, 0.6) is 5.75 Å². The van der Waals surface area contributed by atoms with E-state index in [1.54, 1.807) is 7.11 Å². The first-order valence-electron chi connectivity index (χ1n) is 6.88. The Morgan fingerprint density at radius 2 is 2.32 bits per heavy atom. The van der Waals surface area contributed by atoms with Crippen LogP contribution in [0.1, 0.15) is 37.8 Å². The molecule has 0 aromatic heterocycles. The Hall–Kier alpha value is -1.55. The third-order valence-electron chi connectivity index (χ3n) is 3.58. The number of piperidine rings is 1. The zero-order valence-corrected chi connectivity index (χ0v) is 11.6. The summed E-state index contributed by atoms with van der Waals surface area (Å²) in [7, 11) is 1.65. The van der Waals surface area contributed by atoms with E-state index in [1.165, 1.54) is 0 Å². The Morgan fingerprint density at radius 1 is 1.47 bits per heavy atom. The van der Waals surface area contributed by atoms with E-state index >= 15 is 0 Å². The van der Waals surface area contributed by atoms with Crippen LogP contribution in [0.25, 0.3) is 0 Å². The Labute approximate surface area is 114 Å². The highest BCUT2D eigenvalue weighted by atomic mass is 16.5. The van der Waals surface area contributed by atoms with E-state index in [9.17, 15) is 4.79 Å². The molecule has 1 aromatic rings. The van der Waals surface area contributed by atoms with Gasteiger partial charge in [0.15, 0.2) is 0 Å². The standard InChI is InChI=1S/C15H22N2O2/c1-11(12-6-5-7-13(10-12)19-2)17-15(18)14-8-3-4-9-16-14/h5-7,10-11,14,16H,3-4,8-9H2,1-2H3,(H,17,18)/t11-,14-/m1/s1. The molecule has 0 radical (unpaired) electrons. The van der Waals surface area contributed by atoms with Crippen molar-refractivity contribution in [1.82, 2.24) is 10.6 Å². The SMILES string of the molecule is COc1cccc([C@@H](C)NC(=O)[C@H]2CCCCN2)c1. The summed E-state index contributed by atoms with van der Waals surface area (Å²) in [4.78, 5) is 12.1. The largest absolute Gasteiger partial charge is 0.497 e. The van der Waals surface area contributed by atoms with E-state index < -0.39 is 0 Å². The summed E-state index contributed by atoms with van der Waals surface area (Å²) >= 11 is 0. The van der Waals surface area contributed by atoms with Gasteiger partial charge in [-0.1, -0.05) is 18.6 Å². The molecule has 2 rings (SSSR count). The van der Waals surface area contributed by atoms with E-state index in [1.807, 2.05) is 31.2 Å². The van der Waals surface area contributed by atoms with Crippen molar-refractivity contribution in [3.05, 3.63) is 29.8 Å². The van der Waals surface area contributed by atoms with Crippen LogP contribution >= 0.6 is 0 Å². The molecule has 4 nitrogen and oxygen atoms in total. The van der Waals surface area contributed by atoms with Gasteiger partial charge in [0.1, 0.15) is 5.75 Å². The predicted octanol–water partition coefficient (Wildman–Crippen LogP) is 2.01. The minimum atomic E-state index is -0.0400. The van der Waals surface area contributed by atoms with Crippen molar-refractivity contribution in [3.63, 3.8) is 0 Å². The first-order chi connectivity index (χ1) is 9.20. The highest BCUT2D eigenvalue weighted by Gasteiger charge is 2.22. The number of benzene rings is 1. The van der Waals surface area contributed by atoms with Gasteiger partial charge in [0.25, 0.3) is 0 Å². The van der Waals surface area contributed by atoms with Gasteiger partial charge in [0, 0.05) is 0 Å². The molecule has 2 atom stereocenters. The van der Waals surface area contributed by atoms with E-state index in [-0.39, 0.29) is 18.0 Å². The van der Waals surface area contributed by atoms with E-state index in [4.69, 9.17) is 4.74 Å². The number of carbonyl (C=O) groups excluding carboxylic acids is 1. The first-order valence-corrected chi connectivity index (χ1v) is 6.88. The van der Waals surface area contributed by atoms with Crippen molar-refractivity contribution in [2.45, 2.75) is 38.3 Å². The molecule has 1 saturated heterocycles. The number of hydrogen-bond donors (Lipinski definition) is 2. The average Bonchev–Trinajstić information content (AvgIpc) is 2.48. The lowest BCUT2D eigenvalue weighted by molar-refractivity contribution is -0.124. The van der Waals surface area contributed by atoms with Crippen molar-refractivity contribution in [2.75, 3.05) is 13.7 Å². The summed E-state index contributed by atoms with van der Waals surface area (Å²) in [5.74, 6) is 0.907. The number of hydrogen-bond acceptors (Lipinski definition) is 3. The molecule has 19 heavy (non-hydrogen) atoms. The zero-order valence-electron chi connectivity index (χ0n) is 11.6. The Kier molecular flexibility index (Phi) is 4.80. The topological polar surface area (TPSA) is 50.4 Å². The van der Waals surface area contributed by atoms with Crippen molar-refractivity contribution < 1.29 is 9.53 Å². The van der Waals surface area contributed by atoms with Gasteiger partial charge in [0.05, 0.1) is 19.2 Å². The molecule has 1 aliphatic rings. The van der Waals surface area contributed by atoms with Crippen LogP contribution in [0.4, 0.5) is 0 Å². The second-order valence-corrected chi connectivity index (χ2v) is 5.01. The van der Waals surface area contributed by atoms with Crippen LogP contribution in [0.3, 0.4) is 0 Å². The number of amides is 1. The fourth-order valence-electron chi connectivity index (χ4n) is 2.38. The van der Waals surface area contributed by atoms with Crippen molar-refractivity contribution >= 4 is 5.91 Å². The van der Waals surface area contributed by atoms with E-state index in [0.29, 0.717) is 0 Å². The third kappa shape index (κ3) is 3.70. The summed E-state index contributed by atoms with van der Waals surface area (Å²) in [5.41, 5.74) is 1.06. The molecule has 2 N–H and O–H groups in total. The van der Waals surface area contributed by atoms with Crippen molar-refractivity contribution in [1.29, 1.82) is 0 Å². The quantitative estimate of drug-likeness (QED) is 0.872. The summed E-state index contributed by atoms with van der Waals surface area (Å²) in [6.45, 7) is 2.93. The van der Waals surface area contributed by atoms with Gasteiger partial charge in [-0.3, -0.25) is 4.79 Å². The van der Waals surface area contributed by atoms with Gasteiger partial charge in [-0.05, 0) is 44.0 Å². The number of carbonyl (C=O) groups is 1. The van der Waals surface area contributed by atoms with Crippen LogP contribution in [-0.4, -0.2) is 25.6 Å². The monoisotopic (exact) mass is 262 g/mol. The van der Waals surface area contributed by atoms with E-state index in [2.05, 4.69) is 10.6 Å². The lowest BCUT2D eigenvalue weighted by atomic mass is 10.0. The zero-order chi connectivity index (χ0) is 13.7. The average molecular weight is 262 g/mol. The van der Waals surface area contributed by atoms with Crippen LogP contribution in [0, 0.1) is 0 Å². The fourth-order valence-corrected chi connectivity index (χ4v) is 2.38. The molecule has 0 unspecified atom stereocenters. The summed E-state index contributed by atoms with van der Waals surface area (Å²) < 4.78 is 5.20. The summed E-state index contributed by atoms with van der Waals surface area (Å²) in [5, 5.41) is 6.32. The molecule has 4 heteroatoms. The molecular weight excluding hydrogens is 240 g/mol. The Bertz CT molecular complexity index is 428. The van der Waals surface area contributed by atoms with Crippen LogP contribution in [0.2, 0.25) is 0 Å². The first kappa shape index (κ1) is 13.9. The predicted molar refractivity (Wildman–Crippen MR) is 75.2 cm³/mol. The molecule has 1 amide bonds. The maximum atomic E-state index is 12.1. The molecule has 0 saturated carbocycles. The van der Waals surface area contributed by atoms with Crippen molar-refractivity contribution in [2.24, 2.45) is 0 Å². The fraction of sp³-hybridized carbons (Fsp3) is 0.533. The molecule has 1 fully saturated rings. The van der Waals surface area contributed by atoms with Gasteiger partial charge in [0.2, 0.25) is 5.91 Å². The van der Waals surface area contributed by atoms with Gasteiger partial charge in [-0.2, -0.15) is 0 Å². The highest BCUT2D eigenvalue weighted by molar-refractivity contribution is 5.82. The minimum absolute atomic E-state index is 0.00803. The lowest BCUT2D eigenvalue weighted by Gasteiger charge is -2.24. The summed E-state index contributed by atoms with van der Waals surface area (Å²) in [6.07, 6.45) is 3.21. The van der Waals surface area contributed by atoms with Gasteiger partial charge >= 0.3 is 0 Å². The van der Waals surface area contributed by atoms with Gasteiger partial charge < -0.3 is 15.4 Å². The summed E-state index contributed by atoms with van der Waals surface area (Å²) in [6, 6.07) is 7.75. The second kappa shape index (κ2) is 6.57. The molecule has 0 spiro atoms. The van der Waals surface area contributed by atoms with Crippen molar-refractivity contribution in [3.8, 4) is 5.75 Å². The van der Waals surface area contributed by atoms with Crippen LogP contribution < -0.4 is 15.4 Å². The smallest absolute Gasteiger partial charge is 0.237 e. The van der Waals surface area contributed by atoms with Gasteiger partial charge in [-0.25, -0.2) is 0 Å². The number of rotatable bonds is 4. The number of ether oxygens (including phenoxy) is 1. The Morgan fingerprint density at radius 3 is 3.00 bits per heavy atom. The van der Waals surface area contributed by atoms with Crippen LogP contribution in [-0.2, 0) is 4.79 Å². The van der Waals surface area contributed by atoms with E-state index in [0.717, 1.165) is 37.1 Å². The third-order valence-corrected chi connectivity index (χ3v) is 3.58. The molecule has 104 valence electrons. The normalized spacial score (nSPS) is 20.6. The maximum Gasteiger partial charge on any atom is 0.237 e. The Balaban J connectivity index is 1.95. The van der Waals surface area contributed by atoms with Crippen LogP contribution in [0.15, 0.2) is 24.3 Å². The molecular formula is C15H22N2O2. The number of nitrogens with one attached hydrogen (secondary N) is 2. The maximum absolute atomic E-state index is 12.1. The molecule has 1 heterocycles.